The zero-order chi connectivity index (χ0) is 15.7. The van der Waals surface area contributed by atoms with E-state index in [-0.39, 0.29) is 4.34 Å². The predicted octanol–water partition coefficient (Wildman–Crippen LogP) is 2.90. The molecule has 0 spiro atoms. The molecule has 0 atom stereocenters. The fraction of sp³-hybridized carbons (Fsp3) is 0.182. The molecule has 6 nitrogen and oxygen atoms in total. The van der Waals surface area contributed by atoms with Gasteiger partial charge in [0.25, 0.3) is 0 Å². The molecule has 0 aromatic carbocycles. The molecular weight excluding hydrogens is 337 g/mol. The third kappa shape index (κ3) is 2.95. The van der Waals surface area contributed by atoms with Gasteiger partial charge in [0.05, 0.1) is 6.20 Å². The molecule has 0 bridgehead atoms. The van der Waals surface area contributed by atoms with Crippen molar-refractivity contribution in [2.24, 2.45) is 7.05 Å². The summed E-state index contributed by atoms with van der Waals surface area (Å²) in [4.78, 5) is 11.6. The van der Waals surface area contributed by atoms with Crippen LogP contribution in [0.3, 0.4) is 0 Å². The van der Waals surface area contributed by atoms with E-state index >= 15 is 0 Å². The maximum absolute atomic E-state index is 12.5. The summed E-state index contributed by atoms with van der Waals surface area (Å²) < 4.78 is 39.5. The van der Waals surface area contributed by atoms with Crippen molar-refractivity contribution in [2.45, 2.75) is 15.7 Å². The second-order valence-corrected chi connectivity index (χ2v) is 6.13. The molecule has 114 valence electrons. The van der Waals surface area contributed by atoms with Gasteiger partial charge in [0.15, 0.2) is 21.0 Å². The first-order valence-electron chi connectivity index (χ1n) is 5.81. The second kappa shape index (κ2) is 5.65. The summed E-state index contributed by atoms with van der Waals surface area (Å²) in [7, 11) is 1.70. The Hall–Kier alpha value is -2.01. The molecule has 3 heterocycles. The summed E-state index contributed by atoms with van der Waals surface area (Å²) in [5, 5.41) is 9.33. The Morgan fingerprint density at radius 1 is 1.23 bits per heavy atom. The molecule has 22 heavy (non-hydrogen) atoms. The molecule has 0 radical (unpaired) electrons. The minimum absolute atomic E-state index is 0.244. The lowest BCUT2D eigenvalue weighted by atomic mass is 10.4. The summed E-state index contributed by atoms with van der Waals surface area (Å²) in [6.07, 6.45) is 0.140. The third-order valence-corrected chi connectivity index (χ3v) is 4.56. The van der Waals surface area contributed by atoms with Crippen LogP contribution in [0.2, 0.25) is 0 Å². The summed E-state index contributed by atoms with van der Waals surface area (Å²) in [6, 6.07) is 0. The fourth-order valence-electron chi connectivity index (χ4n) is 1.55. The Kier molecular flexibility index (Phi) is 3.83. The van der Waals surface area contributed by atoms with Gasteiger partial charge in [-0.1, -0.05) is 0 Å². The van der Waals surface area contributed by atoms with Crippen LogP contribution in [0.1, 0.15) is 5.69 Å². The minimum atomic E-state index is -4.44. The summed E-state index contributed by atoms with van der Waals surface area (Å²) in [5.74, 6) is 0.475. The van der Waals surface area contributed by atoms with Crippen molar-refractivity contribution >= 4 is 23.1 Å². The van der Waals surface area contributed by atoms with Gasteiger partial charge in [-0.15, -0.1) is 21.5 Å². The molecule has 3 rings (SSSR count). The van der Waals surface area contributed by atoms with Crippen LogP contribution in [-0.2, 0) is 13.2 Å². The highest BCUT2D eigenvalue weighted by Crippen LogP contribution is 2.35. The number of hydrogen-bond donors (Lipinski definition) is 0. The first-order chi connectivity index (χ1) is 10.4. The normalized spacial score (nSPS) is 11.8. The smallest absolute Gasteiger partial charge is 0.303 e. The Morgan fingerprint density at radius 3 is 2.68 bits per heavy atom. The van der Waals surface area contributed by atoms with Gasteiger partial charge in [0.1, 0.15) is 5.69 Å². The molecule has 11 heteroatoms. The van der Waals surface area contributed by atoms with E-state index in [0.29, 0.717) is 16.7 Å². The minimum Gasteiger partial charge on any atom is -0.303 e. The molecule has 0 fully saturated rings. The molecule has 0 N–H and O–H groups in total. The van der Waals surface area contributed by atoms with Gasteiger partial charge in [-0.05, 0) is 11.8 Å². The molecule has 0 saturated carbocycles. The van der Waals surface area contributed by atoms with E-state index in [0.717, 1.165) is 28.5 Å². The maximum atomic E-state index is 12.5. The number of aromatic nitrogens is 6. The number of rotatable bonds is 3. The monoisotopic (exact) mass is 344 g/mol. The van der Waals surface area contributed by atoms with Gasteiger partial charge < -0.3 is 4.57 Å². The maximum Gasteiger partial charge on any atom is 0.434 e. The topological polar surface area (TPSA) is 69.4 Å². The molecule has 0 aliphatic rings. The molecule has 0 unspecified atom stereocenters. The van der Waals surface area contributed by atoms with Crippen molar-refractivity contribution in [3.8, 4) is 11.5 Å². The highest BCUT2D eigenvalue weighted by molar-refractivity contribution is 8.00. The van der Waals surface area contributed by atoms with Crippen LogP contribution in [0.4, 0.5) is 13.2 Å². The summed E-state index contributed by atoms with van der Waals surface area (Å²) in [5.41, 5.74) is -0.379. The van der Waals surface area contributed by atoms with Gasteiger partial charge in [-0.3, -0.25) is 4.98 Å². The van der Waals surface area contributed by atoms with Gasteiger partial charge in [-0.25, -0.2) is 9.97 Å². The number of halogens is 3. The van der Waals surface area contributed by atoms with E-state index in [2.05, 4.69) is 25.1 Å². The highest BCUT2D eigenvalue weighted by Gasteiger charge is 2.34. The predicted molar refractivity (Wildman–Crippen MR) is 73.3 cm³/mol. The van der Waals surface area contributed by atoms with Gasteiger partial charge in [0.2, 0.25) is 0 Å². The molecule has 3 aromatic heterocycles. The SMILES string of the molecule is Cn1c(Sc2nc(C(F)(F)F)cs2)nnc1-c1cnccn1. The summed E-state index contributed by atoms with van der Waals surface area (Å²) >= 11 is 1.92. The number of hydrogen-bond acceptors (Lipinski definition) is 7. The van der Waals surface area contributed by atoms with Crippen LogP contribution in [0.25, 0.3) is 11.5 Å². The van der Waals surface area contributed by atoms with Crippen molar-refractivity contribution < 1.29 is 13.2 Å². The summed E-state index contributed by atoms with van der Waals surface area (Å²) in [6.45, 7) is 0. The third-order valence-electron chi connectivity index (χ3n) is 2.58. The number of nitrogens with zero attached hydrogens (tertiary/aromatic N) is 6. The van der Waals surface area contributed by atoms with Gasteiger partial charge in [0, 0.05) is 24.8 Å². The second-order valence-electron chi connectivity index (χ2n) is 4.05. The number of thiazole rings is 1. The zero-order valence-electron chi connectivity index (χ0n) is 10.9. The lowest BCUT2D eigenvalue weighted by Crippen LogP contribution is -2.04. The van der Waals surface area contributed by atoms with Crippen LogP contribution >= 0.6 is 23.1 Å². The van der Waals surface area contributed by atoms with Crippen LogP contribution in [-0.4, -0.2) is 29.7 Å². The quantitative estimate of drug-likeness (QED) is 0.728. The first-order valence-corrected chi connectivity index (χ1v) is 7.51. The Labute approximate surface area is 130 Å². The Morgan fingerprint density at radius 2 is 2.05 bits per heavy atom. The standard InChI is InChI=1S/C11H7F3N6S2/c1-20-8(6-4-15-2-3-16-6)18-19-9(20)22-10-17-7(5-21-10)11(12,13)14/h2-5H,1H3. The van der Waals surface area contributed by atoms with Crippen molar-refractivity contribution in [2.75, 3.05) is 0 Å². The van der Waals surface area contributed by atoms with E-state index in [1.807, 2.05) is 0 Å². The van der Waals surface area contributed by atoms with Crippen molar-refractivity contribution in [1.29, 1.82) is 0 Å². The number of alkyl halides is 3. The van der Waals surface area contributed by atoms with E-state index in [1.165, 1.54) is 18.6 Å². The van der Waals surface area contributed by atoms with Crippen LogP contribution < -0.4 is 0 Å². The van der Waals surface area contributed by atoms with E-state index in [9.17, 15) is 13.2 Å². The molecular formula is C11H7F3N6S2. The van der Waals surface area contributed by atoms with E-state index in [4.69, 9.17) is 0 Å². The average Bonchev–Trinajstić information content (AvgIpc) is 3.08. The molecule has 0 aliphatic carbocycles. The van der Waals surface area contributed by atoms with Crippen molar-refractivity contribution in [3.63, 3.8) is 0 Å². The van der Waals surface area contributed by atoms with Crippen molar-refractivity contribution in [3.05, 3.63) is 29.7 Å². The van der Waals surface area contributed by atoms with Gasteiger partial charge in [-0.2, -0.15) is 13.2 Å². The lowest BCUT2D eigenvalue weighted by molar-refractivity contribution is -0.141. The molecule has 3 aromatic rings. The molecule has 0 aliphatic heterocycles. The Bertz CT molecular complexity index is 783. The van der Waals surface area contributed by atoms with Crippen LogP contribution in [0.15, 0.2) is 33.5 Å². The zero-order valence-corrected chi connectivity index (χ0v) is 12.6. The van der Waals surface area contributed by atoms with Crippen molar-refractivity contribution in [1.82, 2.24) is 29.7 Å². The highest BCUT2D eigenvalue weighted by atomic mass is 32.2. The van der Waals surface area contributed by atoms with Crippen LogP contribution in [0.5, 0.6) is 0 Å². The van der Waals surface area contributed by atoms with Crippen LogP contribution in [0, 0.1) is 0 Å². The van der Waals surface area contributed by atoms with E-state index in [1.54, 1.807) is 11.6 Å². The van der Waals surface area contributed by atoms with Gasteiger partial charge >= 0.3 is 6.18 Å². The molecule has 0 saturated heterocycles. The fourth-order valence-corrected chi connectivity index (χ4v) is 3.27. The average molecular weight is 344 g/mol. The largest absolute Gasteiger partial charge is 0.434 e. The lowest BCUT2D eigenvalue weighted by Gasteiger charge is -2.01. The van der Waals surface area contributed by atoms with E-state index < -0.39 is 11.9 Å². The Balaban J connectivity index is 1.85. The first kappa shape index (κ1) is 14.9. The molecule has 0 amide bonds.